The minimum absolute atomic E-state index is 0.642. The van der Waals surface area contributed by atoms with Crippen molar-refractivity contribution in [2.75, 3.05) is 0 Å². The molecule has 0 spiro atoms. The van der Waals surface area contributed by atoms with Gasteiger partial charge in [-0.25, -0.2) is 0 Å². The number of hydrogen-bond donors (Lipinski definition) is 1. The SMILES string of the molecule is Cc1cc2c(CC(C)(C)O)cccc2o1. The van der Waals surface area contributed by atoms with Crippen LogP contribution in [0.5, 0.6) is 0 Å². The molecule has 0 aliphatic heterocycles. The molecule has 0 aliphatic rings. The Kier molecular flexibility index (Phi) is 2.31. The van der Waals surface area contributed by atoms with E-state index in [1.165, 1.54) is 0 Å². The second-order valence-corrected chi connectivity index (χ2v) is 4.68. The highest BCUT2D eigenvalue weighted by Crippen LogP contribution is 2.25. The van der Waals surface area contributed by atoms with E-state index in [0.717, 1.165) is 22.3 Å². The largest absolute Gasteiger partial charge is 0.461 e. The average Bonchev–Trinajstić information content (AvgIpc) is 2.43. The van der Waals surface area contributed by atoms with E-state index in [4.69, 9.17) is 4.42 Å². The molecule has 0 unspecified atom stereocenters. The summed E-state index contributed by atoms with van der Waals surface area (Å²) in [5.74, 6) is 0.910. The van der Waals surface area contributed by atoms with Gasteiger partial charge < -0.3 is 9.52 Å². The Balaban J connectivity index is 2.51. The normalized spacial score (nSPS) is 12.3. The van der Waals surface area contributed by atoms with E-state index in [2.05, 4.69) is 0 Å². The molecule has 0 fully saturated rings. The van der Waals surface area contributed by atoms with Gasteiger partial charge in [-0.05, 0) is 38.5 Å². The van der Waals surface area contributed by atoms with Gasteiger partial charge in [0, 0.05) is 11.8 Å². The number of furan rings is 1. The van der Waals surface area contributed by atoms with Gasteiger partial charge in [0.2, 0.25) is 0 Å². The molecule has 1 heterocycles. The lowest BCUT2D eigenvalue weighted by Gasteiger charge is -2.17. The predicted molar refractivity (Wildman–Crippen MR) is 61.0 cm³/mol. The Hall–Kier alpha value is -1.28. The van der Waals surface area contributed by atoms with Gasteiger partial charge in [0.15, 0.2) is 0 Å². The summed E-state index contributed by atoms with van der Waals surface area (Å²) >= 11 is 0. The molecule has 2 heteroatoms. The van der Waals surface area contributed by atoms with E-state index in [1.807, 2.05) is 45.0 Å². The summed E-state index contributed by atoms with van der Waals surface area (Å²) in [7, 11) is 0. The minimum atomic E-state index is -0.681. The molecular formula is C13H16O2. The Labute approximate surface area is 89.5 Å². The molecule has 0 radical (unpaired) electrons. The highest BCUT2D eigenvalue weighted by atomic mass is 16.3. The van der Waals surface area contributed by atoms with Crippen LogP contribution in [-0.2, 0) is 6.42 Å². The first kappa shape index (κ1) is 10.2. The third kappa shape index (κ3) is 2.21. The van der Waals surface area contributed by atoms with Crippen molar-refractivity contribution < 1.29 is 9.52 Å². The summed E-state index contributed by atoms with van der Waals surface area (Å²) in [6, 6.07) is 7.98. The summed E-state index contributed by atoms with van der Waals surface area (Å²) in [6.07, 6.45) is 0.642. The molecule has 0 aliphatic carbocycles. The van der Waals surface area contributed by atoms with Gasteiger partial charge in [0.05, 0.1) is 5.60 Å². The van der Waals surface area contributed by atoms with E-state index in [0.29, 0.717) is 6.42 Å². The Bertz CT molecular complexity index is 475. The van der Waals surface area contributed by atoms with Crippen LogP contribution in [0.25, 0.3) is 11.0 Å². The van der Waals surface area contributed by atoms with Crippen LogP contribution in [0.2, 0.25) is 0 Å². The van der Waals surface area contributed by atoms with Crippen molar-refractivity contribution in [3.63, 3.8) is 0 Å². The van der Waals surface area contributed by atoms with E-state index >= 15 is 0 Å². The van der Waals surface area contributed by atoms with Gasteiger partial charge in [0.25, 0.3) is 0 Å². The molecule has 2 nitrogen and oxygen atoms in total. The van der Waals surface area contributed by atoms with Crippen molar-refractivity contribution >= 4 is 11.0 Å². The lowest BCUT2D eigenvalue weighted by Crippen LogP contribution is -2.21. The van der Waals surface area contributed by atoms with E-state index in [1.54, 1.807) is 0 Å². The van der Waals surface area contributed by atoms with Crippen LogP contribution in [0.15, 0.2) is 28.7 Å². The number of rotatable bonds is 2. The smallest absolute Gasteiger partial charge is 0.134 e. The molecule has 15 heavy (non-hydrogen) atoms. The topological polar surface area (TPSA) is 33.4 Å². The van der Waals surface area contributed by atoms with Crippen molar-refractivity contribution in [1.82, 2.24) is 0 Å². The quantitative estimate of drug-likeness (QED) is 0.815. The van der Waals surface area contributed by atoms with Gasteiger partial charge in [-0.15, -0.1) is 0 Å². The van der Waals surface area contributed by atoms with Gasteiger partial charge >= 0.3 is 0 Å². The summed E-state index contributed by atoms with van der Waals surface area (Å²) in [4.78, 5) is 0. The first-order valence-electron chi connectivity index (χ1n) is 5.16. The van der Waals surface area contributed by atoms with E-state index in [9.17, 15) is 5.11 Å². The van der Waals surface area contributed by atoms with Crippen LogP contribution in [0.3, 0.4) is 0 Å². The zero-order valence-corrected chi connectivity index (χ0v) is 9.37. The lowest BCUT2D eigenvalue weighted by atomic mass is 9.96. The van der Waals surface area contributed by atoms with Crippen LogP contribution in [0.4, 0.5) is 0 Å². The molecule has 0 amide bonds. The zero-order chi connectivity index (χ0) is 11.1. The highest BCUT2D eigenvalue weighted by molar-refractivity contribution is 5.81. The molecule has 1 N–H and O–H groups in total. The molecule has 0 bridgehead atoms. The average molecular weight is 204 g/mol. The standard InChI is InChI=1S/C13H16O2/c1-9-7-11-10(8-13(2,3)14)5-4-6-12(11)15-9/h4-7,14H,8H2,1-3H3. The van der Waals surface area contributed by atoms with Crippen molar-refractivity contribution in [2.24, 2.45) is 0 Å². The molecule has 0 saturated carbocycles. The fourth-order valence-corrected chi connectivity index (χ4v) is 1.87. The second kappa shape index (κ2) is 3.38. The molecule has 80 valence electrons. The number of hydrogen-bond acceptors (Lipinski definition) is 2. The van der Waals surface area contributed by atoms with Crippen LogP contribution >= 0.6 is 0 Å². The predicted octanol–water partition coefficient (Wildman–Crippen LogP) is 3.05. The molecule has 1 aromatic carbocycles. The molecule has 0 atom stereocenters. The maximum Gasteiger partial charge on any atom is 0.134 e. The van der Waals surface area contributed by atoms with Crippen molar-refractivity contribution in [1.29, 1.82) is 0 Å². The second-order valence-electron chi connectivity index (χ2n) is 4.68. The van der Waals surface area contributed by atoms with Crippen molar-refractivity contribution in [3.8, 4) is 0 Å². The molecule has 0 saturated heterocycles. The molecule has 2 aromatic rings. The number of aliphatic hydroxyl groups is 1. The zero-order valence-electron chi connectivity index (χ0n) is 9.37. The highest BCUT2D eigenvalue weighted by Gasteiger charge is 2.16. The molecule has 1 aromatic heterocycles. The fraction of sp³-hybridized carbons (Fsp3) is 0.385. The first-order valence-corrected chi connectivity index (χ1v) is 5.16. The summed E-state index contributed by atoms with van der Waals surface area (Å²) < 4.78 is 5.54. The van der Waals surface area contributed by atoms with Crippen molar-refractivity contribution in [3.05, 3.63) is 35.6 Å². The number of fused-ring (bicyclic) bond motifs is 1. The van der Waals surface area contributed by atoms with Crippen molar-refractivity contribution in [2.45, 2.75) is 32.8 Å². The maximum absolute atomic E-state index is 9.81. The summed E-state index contributed by atoms with van der Waals surface area (Å²) in [5, 5.41) is 10.9. The van der Waals surface area contributed by atoms with Gasteiger partial charge in [-0.2, -0.15) is 0 Å². The van der Waals surface area contributed by atoms with Crippen LogP contribution < -0.4 is 0 Å². The summed E-state index contributed by atoms with van der Waals surface area (Å²) in [5.41, 5.74) is 1.35. The Morgan fingerprint density at radius 3 is 2.73 bits per heavy atom. The monoisotopic (exact) mass is 204 g/mol. The van der Waals surface area contributed by atoms with Crippen LogP contribution in [-0.4, -0.2) is 10.7 Å². The van der Waals surface area contributed by atoms with E-state index < -0.39 is 5.60 Å². The van der Waals surface area contributed by atoms with Crippen LogP contribution in [0, 0.1) is 6.92 Å². The number of benzene rings is 1. The fourth-order valence-electron chi connectivity index (χ4n) is 1.87. The summed E-state index contributed by atoms with van der Waals surface area (Å²) in [6.45, 7) is 5.57. The first-order chi connectivity index (χ1) is 6.96. The van der Waals surface area contributed by atoms with Gasteiger partial charge in [-0.1, -0.05) is 12.1 Å². The molecular weight excluding hydrogens is 188 g/mol. The van der Waals surface area contributed by atoms with Gasteiger partial charge in [-0.3, -0.25) is 0 Å². The maximum atomic E-state index is 9.81. The minimum Gasteiger partial charge on any atom is -0.461 e. The number of aryl methyl sites for hydroxylation is 1. The lowest BCUT2D eigenvalue weighted by molar-refractivity contribution is 0.0813. The van der Waals surface area contributed by atoms with Gasteiger partial charge in [0.1, 0.15) is 11.3 Å². The third-order valence-electron chi connectivity index (χ3n) is 2.40. The van der Waals surface area contributed by atoms with Crippen LogP contribution in [0.1, 0.15) is 25.2 Å². The Morgan fingerprint density at radius 2 is 2.07 bits per heavy atom. The Morgan fingerprint density at radius 1 is 1.33 bits per heavy atom. The third-order valence-corrected chi connectivity index (χ3v) is 2.40. The van der Waals surface area contributed by atoms with E-state index in [-0.39, 0.29) is 0 Å². The molecule has 2 rings (SSSR count).